The molecule has 0 bridgehead atoms. The van der Waals surface area contributed by atoms with E-state index in [0.717, 1.165) is 24.0 Å². The molecule has 0 radical (unpaired) electrons. The highest BCUT2D eigenvalue weighted by Gasteiger charge is 2.10. The lowest BCUT2D eigenvalue weighted by molar-refractivity contribution is 0.483. The molecule has 0 aliphatic rings. The van der Waals surface area contributed by atoms with Crippen molar-refractivity contribution in [1.29, 1.82) is 0 Å². The molecule has 0 atom stereocenters. The minimum atomic E-state index is -4.12. The van der Waals surface area contributed by atoms with Gasteiger partial charge in [0.1, 0.15) is 0 Å². The summed E-state index contributed by atoms with van der Waals surface area (Å²) >= 11 is 0. The zero-order valence-corrected chi connectivity index (χ0v) is 11.5. The van der Waals surface area contributed by atoms with Gasteiger partial charge in [0, 0.05) is 0 Å². The van der Waals surface area contributed by atoms with E-state index in [1.165, 1.54) is 17.7 Å². The fourth-order valence-corrected chi connectivity index (χ4v) is 2.58. The second kappa shape index (κ2) is 5.55. The van der Waals surface area contributed by atoms with Crippen LogP contribution in [0.15, 0.2) is 53.4 Å². The van der Waals surface area contributed by atoms with Crippen molar-refractivity contribution >= 4 is 10.1 Å². The first-order chi connectivity index (χ1) is 9.02. The molecule has 0 fully saturated rings. The smallest absolute Gasteiger partial charge is 0.282 e. The maximum atomic E-state index is 11.0. The standard InChI is InChI=1S/C15H16O3S/c1-2-5-12-6-3-4-7-15(12)13-8-10-14(11-9-13)19(16,17)18/h3-4,6-11H,2,5H2,1H3,(H,16,17,18). The van der Waals surface area contributed by atoms with Gasteiger partial charge in [-0.3, -0.25) is 4.55 Å². The molecule has 0 amide bonds. The minimum Gasteiger partial charge on any atom is -0.282 e. The fraction of sp³-hybridized carbons (Fsp3) is 0.200. The summed E-state index contributed by atoms with van der Waals surface area (Å²) in [6, 6.07) is 14.4. The lowest BCUT2D eigenvalue weighted by Crippen LogP contribution is -1.97. The Morgan fingerprint density at radius 3 is 2.21 bits per heavy atom. The Morgan fingerprint density at radius 2 is 1.63 bits per heavy atom. The Hall–Kier alpha value is -1.65. The van der Waals surface area contributed by atoms with Crippen LogP contribution in [-0.4, -0.2) is 13.0 Å². The van der Waals surface area contributed by atoms with Gasteiger partial charge in [-0.25, -0.2) is 0 Å². The first-order valence-corrected chi connectivity index (χ1v) is 7.62. The lowest BCUT2D eigenvalue weighted by atomic mass is 9.97. The van der Waals surface area contributed by atoms with Crippen molar-refractivity contribution in [2.75, 3.05) is 0 Å². The maximum absolute atomic E-state index is 11.0. The Bertz CT molecular complexity index is 658. The third-order valence-electron chi connectivity index (χ3n) is 3.00. The molecule has 0 spiro atoms. The van der Waals surface area contributed by atoms with Gasteiger partial charge in [0.15, 0.2) is 0 Å². The van der Waals surface area contributed by atoms with E-state index in [9.17, 15) is 8.42 Å². The molecule has 0 aromatic heterocycles. The lowest BCUT2D eigenvalue weighted by Gasteiger charge is -2.09. The zero-order valence-electron chi connectivity index (χ0n) is 10.7. The van der Waals surface area contributed by atoms with E-state index in [1.54, 1.807) is 12.1 Å². The van der Waals surface area contributed by atoms with Crippen LogP contribution in [-0.2, 0) is 16.5 Å². The molecule has 0 saturated heterocycles. The van der Waals surface area contributed by atoms with Gasteiger partial charge in [0.25, 0.3) is 10.1 Å². The van der Waals surface area contributed by atoms with Gasteiger partial charge in [-0.1, -0.05) is 49.7 Å². The van der Waals surface area contributed by atoms with Crippen LogP contribution in [0, 0.1) is 0 Å². The third-order valence-corrected chi connectivity index (χ3v) is 3.87. The van der Waals surface area contributed by atoms with E-state index in [-0.39, 0.29) is 4.90 Å². The van der Waals surface area contributed by atoms with E-state index < -0.39 is 10.1 Å². The molecule has 0 aliphatic carbocycles. The number of aryl methyl sites for hydroxylation is 1. The van der Waals surface area contributed by atoms with Crippen molar-refractivity contribution in [3.05, 3.63) is 54.1 Å². The molecule has 0 heterocycles. The van der Waals surface area contributed by atoms with Gasteiger partial charge in [-0.2, -0.15) is 8.42 Å². The van der Waals surface area contributed by atoms with E-state index >= 15 is 0 Å². The highest BCUT2D eigenvalue weighted by Crippen LogP contribution is 2.25. The van der Waals surface area contributed by atoms with Crippen molar-refractivity contribution in [1.82, 2.24) is 0 Å². The largest absolute Gasteiger partial charge is 0.294 e. The number of hydrogen-bond donors (Lipinski definition) is 1. The van der Waals surface area contributed by atoms with E-state index in [1.807, 2.05) is 18.2 Å². The Morgan fingerprint density at radius 1 is 1.00 bits per heavy atom. The van der Waals surface area contributed by atoms with Gasteiger partial charge in [-0.15, -0.1) is 0 Å². The average Bonchev–Trinajstić information content (AvgIpc) is 2.39. The Balaban J connectivity index is 2.43. The fourth-order valence-electron chi connectivity index (χ4n) is 2.10. The zero-order chi connectivity index (χ0) is 13.9. The summed E-state index contributed by atoms with van der Waals surface area (Å²) in [4.78, 5) is -0.0794. The van der Waals surface area contributed by atoms with Crippen molar-refractivity contribution in [2.24, 2.45) is 0 Å². The summed E-state index contributed by atoms with van der Waals surface area (Å²) in [7, 11) is -4.12. The highest BCUT2D eigenvalue weighted by atomic mass is 32.2. The molecule has 0 aliphatic heterocycles. The molecule has 2 aromatic rings. The van der Waals surface area contributed by atoms with E-state index in [4.69, 9.17) is 4.55 Å². The third kappa shape index (κ3) is 3.22. The monoisotopic (exact) mass is 276 g/mol. The molecule has 0 unspecified atom stereocenters. The molecule has 100 valence electrons. The van der Waals surface area contributed by atoms with Crippen LogP contribution < -0.4 is 0 Å². The van der Waals surface area contributed by atoms with Crippen molar-refractivity contribution < 1.29 is 13.0 Å². The van der Waals surface area contributed by atoms with Crippen LogP contribution in [0.1, 0.15) is 18.9 Å². The topological polar surface area (TPSA) is 54.4 Å². The molecule has 2 aromatic carbocycles. The summed E-state index contributed by atoms with van der Waals surface area (Å²) in [6.07, 6.45) is 2.04. The number of rotatable bonds is 4. The molecule has 4 heteroatoms. The summed E-state index contributed by atoms with van der Waals surface area (Å²) < 4.78 is 31.0. The number of hydrogen-bond acceptors (Lipinski definition) is 2. The van der Waals surface area contributed by atoms with Crippen LogP contribution in [0.3, 0.4) is 0 Å². The molecule has 1 N–H and O–H groups in total. The highest BCUT2D eigenvalue weighted by molar-refractivity contribution is 7.85. The molecule has 0 saturated carbocycles. The van der Waals surface area contributed by atoms with Gasteiger partial charge in [0.2, 0.25) is 0 Å². The van der Waals surface area contributed by atoms with Crippen molar-refractivity contribution in [2.45, 2.75) is 24.7 Å². The van der Waals surface area contributed by atoms with Crippen LogP contribution in [0.5, 0.6) is 0 Å². The van der Waals surface area contributed by atoms with Crippen molar-refractivity contribution in [3.63, 3.8) is 0 Å². The predicted molar refractivity (Wildman–Crippen MR) is 75.7 cm³/mol. The summed E-state index contributed by atoms with van der Waals surface area (Å²) in [5.41, 5.74) is 3.30. The van der Waals surface area contributed by atoms with Crippen LogP contribution in [0.2, 0.25) is 0 Å². The van der Waals surface area contributed by atoms with Gasteiger partial charge < -0.3 is 0 Å². The van der Waals surface area contributed by atoms with Crippen LogP contribution in [0.4, 0.5) is 0 Å². The second-order valence-electron chi connectivity index (χ2n) is 4.41. The Kier molecular flexibility index (Phi) is 4.02. The summed E-state index contributed by atoms with van der Waals surface area (Å²) in [6.45, 7) is 2.12. The van der Waals surface area contributed by atoms with Gasteiger partial charge in [-0.05, 0) is 35.2 Å². The molecule has 3 nitrogen and oxygen atoms in total. The number of benzene rings is 2. The van der Waals surface area contributed by atoms with E-state index in [0.29, 0.717) is 0 Å². The maximum Gasteiger partial charge on any atom is 0.294 e. The first-order valence-electron chi connectivity index (χ1n) is 6.18. The van der Waals surface area contributed by atoms with Crippen LogP contribution >= 0.6 is 0 Å². The minimum absolute atomic E-state index is 0.0794. The van der Waals surface area contributed by atoms with Gasteiger partial charge >= 0.3 is 0 Å². The molecule has 2 rings (SSSR count). The van der Waals surface area contributed by atoms with Crippen LogP contribution in [0.25, 0.3) is 11.1 Å². The molecular formula is C15H16O3S. The first kappa shape index (κ1) is 13.8. The molecule has 19 heavy (non-hydrogen) atoms. The SMILES string of the molecule is CCCc1ccccc1-c1ccc(S(=O)(=O)O)cc1. The quantitative estimate of drug-likeness (QED) is 0.869. The van der Waals surface area contributed by atoms with Crippen molar-refractivity contribution in [3.8, 4) is 11.1 Å². The Labute approximate surface area is 113 Å². The second-order valence-corrected chi connectivity index (χ2v) is 5.83. The predicted octanol–water partition coefficient (Wildman–Crippen LogP) is 3.55. The normalized spacial score (nSPS) is 11.5. The average molecular weight is 276 g/mol. The summed E-state index contributed by atoms with van der Waals surface area (Å²) in [5, 5.41) is 0. The summed E-state index contributed by atoms with van der Waals surface area (Å²) in [5.74, 6) is 0. The van der Waals surface area contributed by atoms with E-state index in [2.05, 4.69) is 13.0 Å². The molecular weight excluding hydrogens is 260 g/mol. The van der Waals surface area contributed by atoms with Gasteiger partial charge in [0.05, 0.1) is 4.90 Å².